The number of carboxylic acid groups (broad SMARTS) is 1. The number of carboxylic acids is 1. The molecule has 1 unspecified atom stereocenters. The van der Waals surface area contributed by atoms with Crippen LogP contribution in [0.1, 0.15) is 25.7 Å². The highest BCUT2D eigenvalue weighted by Gasteiger charge is 2.27. The van der Waals surface area contributed by atoms with Crippen LogP contribution in [-0.2, 0) is 9.53 Å². The van der Waals surface area contributed by atoms with E-state index in [-0.39, 0.29) is 31.9 Å². The predicted octanol–water partition coefficient (Wildman–Crippen LogP) is 0.0341. The lowest BCUT2D eigenvalue weighted by Crippen LogP contribution is -2.43. The summed E-state index contributed by atoms with van der Waals surface area (Å²) in [6.45, 7) is 1.02. The van der Waals surface area contributed by atoms with Crippen molar-refractivity contribution < 1.29 is 24.5 Å². The quantitative estimate of drug-likeness (QED) is 0.542. The topological polar surface area (TPSA) is 99.1 Å². The number of likely N-dealkylation sites (tertiary alicyclic amines) is 1. The van der Waals surface area contributed by atoms with E-state index < -0.39 is 5.97 Å². The molecule has 0 spiro atoms. The summed E-state index contributed by atoms with van der Waals surface area (Å²) in [5.74, 6) is -1.02. The Morgan fingerprint density at radius 2 is 2.21 bits per heavy atom. The molecule has 3 N–H and O–H groups in total. The molecule has 1 aliphatic rings. The molecule has 1 fully saturated rings. The molecular formula is C12H22N2O5. The first-order chi connectivity index (χ1) is 9.15. The van der Waals surface area contributed by atoms with Gasteiger partial charge in [0.05, 0.1) is 6.61 Å². The van der Waals surface area contributed by atoms with Crippen molar-refractivity contribution >= 4 is 12.0 Å². The van der Waals surface area contributed by atoms with E-state index in [4.69, 9.17) is 14.9 Å². The van der Waals surface area contributed by atoms with Crippen molar-refractivity contribution in [3.63, 3.8) is 0 Å². The molecule has 0 aromatic heterocycles. The van der Waals surface area contributed by atoms with E-state index in [9.17, 15) is 9.59 Å². The maximum Gasteiger partial charge on any atom is 0.329 e. The van der Waals surface area contributed by atoms with Gasteiger partial charge in [-0.15, -0.1) is 0 Å². The first kappa shape index (κ1) is 15.7. The minimum atomic E-state index is -1.02. The van der Waals surface area contributed by atoms with Gasteiger partial charge < -0.3 is 25.2 Å². The van der Waals surface area contributed by atoms with Crippen LogP contribution in [0, 0.1) is 0 Å². The molecule has 0 aromatic carbocycles. The van der Waals surface area contributed by atoms with Crippen molar-refractivity contribution in [1.29, 1.82) is 0 Å². The lowest BCUT2D eigenvalue weighted by Gasteiger charge is -2.24. The number of aliphatic hydroxyl groups excluding tert-OH is 1. The standard InChI is InChI=1S/C12H22N2O5/c15-7-2-4-10-3-1-6-14(10)12(18)13-5-8-19-9-11(16)17/h10,15H,1-9H2,(H,13,18)(H,16,17). The second-order valence-corrected chi connectivity index (χ2v) is 4.53. The summed E-state index contributed by atoms with van der Waals surface area (Å²) in [6.07, 6.45) is 3.48. The summed E-state index contributed by atoms with van der Waals surface area (Å²) >= 11 is 0. The summed E-state index contributed by atoms with van der Waals surface area (Å²) in [4.78, 5) is 23.9. The van der Waals surface area contributed by atoms with Gasteiger partial charge in [0.1, 0.15) is 6.61 Å². The van der Waals surface area contributed by atoms with Gasteiger partial charge in [0.2, 0.25) is 0 Å². The Morgan fingerprint density at radius 1 is 1.42 bits per heavy atom. The highest BCUT2D eigenvalue weighted by Crippen LogP contribution is 2.20. The number of aliphatic hydroxyl groups is 1. The third kappa shape index (κ3) is 5.89. The van der Waals surface area contributed by atoms with Crippen LogP contribution in [0.4, 0.5) is 4.79 Å². The van der Waals surface area contributed by atoms with E-state index in [0.717, 1.165) is 25.8 Å². The largest absolute Gasteiger partial charge is 0.480 e. The Morgan fingerprint density at radius 3 is 2.89 bits per heavy atom. The molecule has 7 heteroatoms. The SMILES string of the molecule is O=C(O)COCCNC(=O)N1CCCC1CCCO. The summed E-state index contributed by atoms with van der Waals surface area (Å²) < 4.78 is 4.83. The number of rotatable bonds is 8. The number of ether oxygens (including phenoxy) is 1. The molecule has 1 atom stereocenters. The van der Waals surface area contributed by atoms with Crippen molar-refractivity contribution in [3.8, 4) is 0 Å². The zero-order valence-corrected chi connectivity index (χ0v) is 11.0. The molecule has 0 bridgehead atoms. The van der Waals surface area contributed by atoms with Gasteiger partial charge in [-0.1, -0.05) is 0 Å². The van der Waals surface area contributed by atoms with Gasteiger partial charge in [-0.25, -0.2) is 9.59 Å². The number of hydrogen-bond donors (Lipinski definition) is 3. The molecule has 0 radical (unpaired) electrons. The number of aliphatic carboxylic acids is 1. The maximum atomic E-state index is 11.9. The van der Waals surface area contributed by atoms with Crippen molar-refractivity contribution in [2.24, 2.45) is 0 Å². The van der Waals surface area contributed by atoms with Crippen LogP contribution >= 0.6 is 0 Å². The number of amides is 2. The highest BCUT2D eigenvalue weighted by molar-refractivity contribution is 5.74. The lowest BCUT2D eigenvalue weighted by molar-refractivity contribution is -0.142. The number of hydrogen-bond acceptors (Lipinski definition) is 4. The summed E-state index contributed by atoms with van der Waals surface area (Å²) in [6, 6.07) is 0.0615. The fourth-order valence-corrected chi connectivity index (χ4v) is 2.22. The number of carbonyl (C=O) groups is 2. The third-order valence-electron chi connectivity index (χ3n) is 3.08. The molecule has 1 saturated heterocycles. The molecule has 110 valence electrons. The molecule has 0 aliphatic carbocycles. The van der Waals surface area contributed by atoms with Gasteiger partial charge in [-0.05, 0) is 25.7 Å². The second kappa shape index (κ2) is 8.71. The van der Waals surface area contributed by atoms with Crippen LogP contribution in [0.15, 0.2) is 0 Å². The van der Waals surface area contributed by atoms with Gasteiger partial charge >= 0.3 is 12.0 Å². The Kier molecular flexibility index (Phi) is 7.20. The van der Waals surface area contributed by atoms with Crippen LogP contribution in [0.5, 0.6) is 0 Å². The van der Waals surface area contributed by atoms with E-state index in [1.54, 1.807) is 4.90 Å². The average Bonchev–Trinajstić information content (AvgIpc) is 2.83. The van der Waals surface area contributed by atoms with Crippen LogP contribution in [-0.4, -0.2) is 66.1 Å². The van der Waals surface area contributed by atoms with Gasteiger partial charge in [0.15, 0.2) is 0 Å². The average molecular weight is 274 g/mol. The smallest absolute Gasteiger partial charge is 0.329 e. The minimum absolute atomic E-state index is 0.139. The molecule has 1 heterocycles. The number of nitrogens with one attached hydrogen (secondary N) is 1. The Hall–Kier alpha value is -1.34. The molecule has 0 aromatic rings. The zero-order valence-electron chi connectivity index (χ0n) is 11.0. The van der Waals surface area contributed by atoms with Gasteiger partial charge in [-0.3, -0.25) is 0 Å². The number of nitrogens with zero attached hydrogens (tertiary/aromatic N) is 1. The molecule has 7 nitrogen and oxygen atoms in total. The second-order valence-electron chi connectivity index (χ2n) is 4.53. The summed E-state index contributed by atoms with van der Waals surface area (Å²) in [5.41, 5.74) is 0. The third-order valence-corrected chi connectivity index (χ3v) is 3.08. The lowest BCUT2D eigenvalue weighted by atomic mass is 10.1. The predicted molar refractivity (Wildman–Crippen MR) is 67.9 cm³/mol. The van der Waals surface area contributed by atoms with Gasteiger partial charge in [0.25, 0.3) is 0 Å². The van der Waals surface area contributed by atoms with Crippen molar-refractivity contribution in [2.45, 2.75) is 31.7 Å². The number of carbonyl (C=O) groups excluding carboxylic acids is 1. The van der Waals surface area contributed by atoms with Gasteiger partial charge in [-0.2, -0.15) is 0 Å². The van der Waals surface area contributed by atoms with Crippen LogP contribution < -0.4 is 5.32 Å². The van der Waals surface area contributed by atoms with E-state index in [0.29, 0.717) is 13.0 Å². The first-order valence-electron chi connectivity index (χ1n) is 6.60. The summed E-state index contributed by atoms with van der Waals surface area (Å²) in [5, 5.41) is 19.9. The Balaban J connectivity index is 2.18. The Labute approximate surface area is 112 Å². The zero-order chi connectivity index (χ0) is 14.1. The van der Waals surface area contributed by atoms with Crippen LogP contribution in [0.3, 0.4) is 0 Å². The molecule has 1 rings (SSSR count). The fraction of sp³-hybridized carbons (Fsp3) is 0.833. The molecule has 2 amide bonds. The highest BCUT2D eigenvalue weighted by atomic mass is 16.5. The molecule has 0 saturated carbocycles. The molecule has 1 aliphatic heterocycles. The van der Waals surface area contributed by atoms with E-state index in [1.165, 1.54) is 0 Å². The molecular weight excluding hydrogens is 252 g/mol. The Bertz CT molecular complexity index is 298. The minimum Gasteiger partial charge on any atom is -0.480 e. The monoisotopic (exact) mass is 274 g/mol. The first-order valence-corrected chi connectivity index (χ1v) is 6.60. The van der Waals surface area contributed by atoms with E-state index in [1.807, 2.05) is 0 Å². The van der Waals surface area contributed by atoms with E-state index in [2.05, 4.69) is 5.32 Å². The summed E-state index contributed by atoms with van der Waals surface area (Å²) in [7, 11) is 0. The van der Waals surface area contributed by atoms with Crippen molar-refractivity contribution in [1.82, 2.24) is 10.2 Å². The normalized spacial score (nSPS) is 18.6. The number of urea groups is 1. The fourth-order valence-electron chi connectivity index (χ4n) is 2.22. The van der Waals surface area contributed by atoms with Crippen molar-refractivity contribution in [2.75, 3.05) is 32.9 Å². The van der Waals surface area contributed by atoms with Crippen molar-refractivity contribution in [3.05, 3.63) is 0 Å². The van der Waals surface area contributed by atoms with Crippen LogP contribution in [0.25, 0.3) is 0 Å². The van der Waals surface area contributed by atoms with Crippen LogP contribution in [0.2, 0.25) is 0 Å². The maximum absolute atomic E-state index is 11.9. The molecule has 19 heavy (non-hydrogen) atoms. The van der Waals surface area contributed by atoms with E-state index >= 15 is 0 Å². The van der Waals surface area contributed by atoms with Gasteiger partial charge in [0, 0.05) is 25.7 Å².